The Morgan fingerprint density at radius 3 is 2.73 bits per heavy atom. The molecule has 0 aromatic heterocycles. The quantitative estimate of drug-likeness (QED) is 0.637. The van der Waals surface area contributed by atoms with Crippen molar-refractivity contribution in [3.05, 3.63) is 34.9 Å². The molecule has 0 radical (unpaired) electrons. The van der Waals surface area contributed by atoms with Gasteiger partial charge in [-0.2, -0.15) is 0 Å². The summed E-state index contributed by atoms with van der Waals surface area (Å²) in [6, 6.07) is 6.16. The zero-order valence-electron chi connectivity index (χ0n) is 9.76. The Bertz CT molecular complexity index is 402. The molecular weight excluding hydrogens is 184 g/mol. The maximum Gasteiger partial charge on any atom is 0.160 e. The molecule has 80 valence electrons. The van der Waals surface area contributed by atoms with Gasteiger partial charge in [0.25, 0.3) is 0 Å². The van der Waals surface area contributed by atoms with E-state index in [9.17, 15) is 4.79 Å². The Hall–Kier alpha value is -1.11. The predicted molar refractivity (Wildman–Crippen MR) is 62.4 cm³/mol. The molecule has 0 aliphatic heterocycles. The molecule has 0 amide bonds. The van der Waals surface area contributed by atoms with Crippen LogP contribution >= 0.6 is 0 Å². The first kappa shape index (κ1) is 10.4. The molecule has 0 N–H and O–H groups in total. The summed E-state index contributed by atoms with van der Waals surface area (Å²) in [6.07, 6.45) is 3.49. The van der Waals surface area contributed by atoms with Gasteiger partial charge in [-0.05, 0) is 42.7 Å². The molecule has 1 heteroatoms. The fraction of sp³-hybridized carbons (Fsp3) is 0.500. The van der Waals surface area contributed by atoms with Crippen LogP contribution in [0.5, 0.6) is 0 Å². The summed E-state index contributed by atoms with van der Waals surface area (Å²) < 4.78 is 0. The van der Waals surface area contributed by atoms with Crippen molar-refractivity contribution in [2.24, 2.45) is 0 Å². The average molecular weight is 202 g/mol. The monoisotopic (exact) mass is 202 g/mol. The Labute approximate surface area is 91.5 Å². The maximum absolute atomic E-state index is 11.5. The Kier molecular flexibility index (Phi) is 2.41. The molecule has 15 heavy (non-hydrogen) atoms. The second-order valence-corrected chi connectivity index (χ2v) is 5.13. The molecule has 1 aromatic rings. The van der Waals surface area contributed by atoms with E-state index in [4.69, 9.17) is 0 Å². The number of Topliss-reactive ketones (excluding diaryl/α,β-unsaturated/α-hetero) is 1. The molecule has 0 fully saturated rings. The zero-order chi connectivity index (χ0) is 11.1. The van der Waals surface area contributed by atoms with Gasteiger partial charge in [0.15, 0.2) is 5.78 Å². The van der Waals surface area contributed by atoms with Crippen LogP contribution < -0.4 is 0 Å². The SMILES string of the molecule is CC(=O)c1cccc2c1CCCC2(C)C. The van der Waals surface area contributed by atoms with Gasteiger partial charge in [-0.1, -0.05) is 32.0 Å². The first-order valence-corrected chi connectivity index (χ1v) is 5.66. The lowest BCUT2D eigenvalue weighted by Crippen LogP contribution is -2.25. The van der Waals surface area contributed by atoms with Crippen LogP contribution in [-0.4, -0.2) is 5.78 Å². The van der Waals surface area contributed by atoms with Crippen LogP contribution in [0.25, 0.3) is 0 Å². The van der Waals surface area contributed by atoms with E-state index in [1.807, 2.05) is 12.1 Å². The summed E-state index contributed by atoms with van der Waals surface area (Å²) in [7, 11) is 0. The van der Waals surface area contributed by atoms with Gasteiger partial charge in [0.2, 0.25) is 0 Å². The zero-order valence-corrected chi connectivity index (χ0v) is 9.76. The smallest absolute Gasteiger partial charge is 0.160 e. The molecule has 1 aliphatic rings. The number of benzene rings is 1. The van der Waals surface area contributed by atoms with E-state index in [-0.39, 0.29) is 11.2 Å². The van der Waals surface area contributed by atoms with Gasteiger partial charge >= 0.3 is 0 Å². The van der Waals surface area contributed by atoms with Crippen LogP contribution in [0.4, 0.5) is 0 Å². The van der Waals surface area contributed by atoms with Crippen molar-refractivity contribution in [2.45, 2.75) is 45.4 Å². The van der Waals surface area contributed by atoms with Crippen molar-refractivity contribution < 1.29 is 4.79 Å². The lowest BCUT2D eigenvalue weighted by Gasteiger charge is -2.33. The highest BCUT2D eigenvalue weighted by Gasteiger charge is 2.28. The fourth-order valence-electron chi connectivity index (χ4n) is 2.66. The van der Waals surface area contributed by atoms with Crippen LogP contribution in [-0.2, 0) is 11.8 Å². The third-order valence-electron chi connectivity index (χ3n) is 3.51. The predicted octanol–water partition coefficient (Wildman–Crippen LogP) is 3.50. The van der Waals surface area contributed by atoms with E-state index >= 15 is 0 Å². The largest absolute Gasteiger partial charge is 0.295 e. The van der Waals surface area contributed by atoms with Crippen molar-refractivity contribution in [1.82, 2.24) is 0 Å². The van der Waals surface area contributed by atoms with Crippen LogP contribution in [0.3, 0.4) is 0 Å². The van der Waals surface area contributed by atoms with E-state index in [2.05, 4.69) is 19.9 Å². The minimum Gasteiger partial charge on any atom is -0.295 e. The Balaban J connectivity index is 2.61. The van der Waals surface area contributed by atoms with Gasteiger partial charge in [0.1, 0.15) is 0 Å². The highest BCUT2D eigenvalue weighted by Crippen LogP contribution is 2.37. The molecule has 0 heterocycles. The molecule has 1 aliphatic carbocycles. The van der Waals surface area contributed by atoms with Crippen LogP contribution in [0.2, 0.25) is 0 Å². The highest BCUT2D eigenvalue weighted by atomic mass is 16.1. The summed E-state index contributed by atoms with van der Waals surface area (Å²) in [5, 5.41) is 0. The standard InChI is InChI=1S/C14H18O/c1-10(15)11-6-4-8-13-12(11)7-5-9-14(13,2)3/h4,6,8H,5,7,9H2,1-3H3. The Morgan fingerprint density at radius 2 is 2.07 bits per heavy atom. The van der Waals surface area contributed by atoms with E-state index in [0.717, 1.165) is 12.0 Å². The molecule has 0 saturated carbocycles. The number of carbonyl (C=O) groups is 1. The summed E-state index contributed by atoms with van der Waals surface area (Å²) in [5.74, 6) is 0.199. The first-order chi connectivity index (χ1) is 7.02. The fourth-order valence-corrected chi connectivity index (χ4v) is 2.66. The second-order valence-electron chi connectivity index (χ2n) is 5.13. The molecule has 0 unspecified atom stereocenters. The summed E-state index contributed by atoms with van der Waals surface area (Å²) in [4.78, 5) is 11.5. The summed E-state index contributed by atoms with van der Waals surface area (Å²) >= 11 is 0. The van der Waals surface area contributed by atoms with Gasteiger partial charge < -0.3 is 0 Å². The molecular formula is C14H18O. The van der Waals surface area contributed by atoms with Gasteiger partial charge in [-0.3, -0.25) is 4.79 Å². The topological polar surface area (TPSA) is 17.1 Å². The maximum atomic E-state index is 11.5. The average Bonchev–Trinajstić information content (AvgIpc) is 2.16. The number of fused-ring (bicyclic) bond motifs is 1. The molecule has 0 atom stereocenters. The van der Waals surface area contributed by atoms with Crippen LogP contribution in [0.15, 0.2) is 18.2 Å². The van der Waals surface area contributed by atoms with Gasteiger partial charge in [-0.25, -0.2) is 0 Å². The van der Waals surface area contributed by atoms with Crippen molar-refractivity contribution in [1.29, 1.82) is 0 Å². The molecule has 0 spiro atoms. The molecule has 0 bridgehead atoms. The van der Waals surface area contributed by atoms with Crippen molar-refractivity contribution >= 4 is 5.78 Å². The lowest BCUT2D eigenvalue weighted by molar-refractivity contribution is 0.101. The lowest BCUT2D eigenvalue weighted by atomic mass is 9.71. The third-order valence-corrected chi connectivity index (χ3v) is 3.51. The molecule has 1 aromatic carbocycles. The molecule has 1 nitrogen and oxygen atoms in total. The van der Waals surface area contributed by atoms with E-state index in [1.165, 1.54) is 24.0 Å². The molecule has 2 rings (SSSR count). The van der Waals surface area contributed by atoms with E-state index < -0.39 is 0 Å². The first-order valence-electron chi connectivity index (χ1n) is 5.66. The van der Waals surface area contributed by atoms with Crippen molar-refractivity contribution in [2.75, 3.05) is 0 Å². The Morgan fingerprint density at radius 1 is 1.33 bits per heavy atom. The van der Waals surface area contributed by atoms with Crippen LogP contribution in [0.1, 0.15) is 55.1 Å². The number of rotatable bonds is 1. The number of hydrogen-bond donors (Lipinski definition) is 0. The minimum atomic E-state index is 0.199. The van der Waals surface area contributed by atoms with Crippen molar-refractivity contribution in [3.63, 3.8) is 0 Å². The summed E-state index contributed by atoms with van der Waals surface area (Å²) in [6.45, 7) is 6.21. The number of ketones is 1. The van der Waals surface area contributed by atoms with E-state index in [1.54, 1.807) is 6.92 Å². The normalized spacial score (nSPS) is 18.3. The van der Waals surface area contributed by atoms with E-state index in [0.29, 0.717) is 0 Å². The highest BCUT2D eigenvalue weighted by molar-refractivity contribution is 5.96. The van der Waals surface area contributed by atoms with Gasteiger partial charge in [0.05, 0.1) is 0 Å². The van der Waals surface area contributed by atoms with Crippen molar-refractivity contribution in [3.8, 4) is 0 Å². The van der Waals surface area contributed by atoms with Crippen LogP contribution in [0, 0.1) is 0 Å². The second kappa shape index (κ2) is 3.48. The summed E-state index contributed by atoms with van der Waals surface area (Å²) in [5.41, 5.74) is 3.84. The van der Waals surface area contributed by atoms with Gasteiger partial charge in [0, 0.05) is 5.56 Å². The van der Waals surface area contributed by atoms with Gasteiger partial charge in [-0.15, -0.1) is 0 Å². The third kappa shape index (κ3) is 1.71. The number of hydrogen-bond acceptors (Lipinski definition) is 1. The number of carbonyl (C=O) groups excluding carboxylic acids is 1. The molecule has 0 saturated heterocycles. The minimum absolute atomic E-state index is 0.199.